The maximum Gasteiger partial charge on any atom is 0.123 e. The fraction of sp³-hybridized carbons (Fsp3) is 0.500. The molecule has 1 saturated heterocycles. The number of benzene rings is 1. The van der Waals surface area contributed by atoms with Crippen molar-refractivity contribution >= 4 is 0 Å². The third kappa shape index (κ3) is 2.12. The highest BCUT2D eigenvalue weighted by molar-refractivity contribution is 5.35. The second-order valence-corrected chi connectivity index (χ2v) is 4.18. The Bertz CT molecular complexity index is 359. The summed E-state index contributed by atoms with van der Waals surface area (Å²) in [6.07, 6.45) is 1.72. The number of ether oxygens (including phenoxy) is 2. The molecule has 0 amide bonds. The first kappa shape index (κ1) is 10.4. The highest BCUT2D eigenvalue weighted by Crippen LogP contribution is 2.33. The molecular formula is C12H15FO2. The molecule has 3 heteroatoms. The molecule has 0 aromatic heterocycles. The van der Waals surface area contributed by atoms with Gasteiger partial charge in [-0.15, -0.1) is 0 Å². The van der Waals surface area contributed by atoms with Crippen LogP contribution in [0.1, 0.15) is 18.9 Å². The van der Waals surface area contributed by atoms with Crippen molar-refractivity contribution in [2.24, 2.45) is 0 Å². The molecule has 0 aliphatic carbocycles. The van der Waals surface area contributed by atoms with Crippen LogP contribution in [-0.4, -0.2) is 19.3 Å². The number of hydrogen-bond acceptors (Lipinski definition) is 2. The zero-order chi connectivity index (χ0) is 10.9. The van der Waals surface area contributed by atoms with Gasteiger partial charge in [0.25, 0.3) is 0 Å². The summed E-state index contributed by atoms with van der Waals surface area (Å²) in [4.78, 5) is 0. The Hall–Kier alpha value is -1.09. The van der Waals surface area contributed by atoms with E-state index < -0.39 is 0 Å². The average Bonchev–Trinajstić information content (AvgIpc) is 2.16. The quantitative estimate of drug-likeness (QED) is 0.763. The van der Waals surface area contributed by atoms with Crippen molar-refractivity contribution in [2.45, 2.75) is 25.4 Å². The van der Waals surface area contributed by atoms with Gasteiger partial charge in [-0.1, -0.05) is 0 Å². The van der Waals surface area contributed by atoms with Crippen molar-refractivity contribution in [3.05, 3.63) is 29.6 Å². The molecular weight excluding hydrogens is 195 g/mol. The summed E-state index contributed by atoms with van der Waals surface area (Å²) in [6.45, 7) is 2.84. The van der Waals surface area contributed by atoms with Gasteiger partial charge >= 0.3 is 0 Å². The Morgan fingerprint density at radius 2 is 2.27 bits per heavy atom. The molecule has 1 unspecified atom stereocenters. The summed E-state index contributed by atoms with van der Waals surface area (Å²) in [7, 11) is 1.60. The van der Waals surface area contributed by atoms with E-state index in [-0.39, 0.29) is 11.4 Å². The molecule has 1 fully saturated rings. The van der Waals surface area contributed by atoms with E-state index in [0.717, 1.165) is 24.3 Å². The van der Waals surface area contributed by atoms with E-state index in [1.165, 1.54) is 12.1 Å². The van der Waals surface area contributed by atoms with Crippen LogP contribution in [0.2, 0.25) is 0 Å². The molecule has 2 nitrogen and oxygen atoms in total. The normalized spacial score (nSPS) is 24.7. The van der Waals surface area contributed by atoms with Gasteiger partial charge in [-0.3, -0.25) is 0 Å². The molecule has 0 bridgehead atoms. The van der Waals surface area contributed by atoms with Crippen LogP contribution in [0.3, 0.4) is 0 Å². The molecule has 1 atom stereocenters. The summed E-state index contributed by atoms with van der Waals surface area (Å²) >= 11 is 0. The first-order chi connectivity index (χ1) is 7.13. The molecule has 1 aliphatic rings. The summed E-state index contributed by atoms with van der Waals surface area (Å²) in [5.41, 5.74) is 0.737. The summed E-state index contributed by atoms with van der Waals surface area (Å²) in [6, 6.07) is 4.59. The first-order valence-electron chi connectivity index (χ1n) is 5.09. The fourth-order valence-corrected chi connectivity index (χ4v) is 1.88. The topological polar surface area (TPSA) is 18.5 Å². The van der Waals surface area contributed by atoms with Crippen molar-refractivity contribution in [1.82, 2.24) is 0 Å². The van der Waals surface area contributed by atoms with Gasteiger partial charge in [0.15, 0.2) is 0 Å². The first-order valence-corrected chi connectivity index (χ1v) is 5.09. The molecule has 0 radical (unpaired) electrons. The van der Waals surface area contributed by atoms with Crippen molar-refractivity contribution in [1.29, 1.82) is 0 Å². The Morgan fingerprint density at radius 3 is 2.80 bits per heavy atom. The predicted molar refractivity (Wildman–Crippen MR) is 55.6 cm³/mol. The van der Waals surface area contributed by atoms with Crippen LogP contribution in [0, 0.1) is 5.82 Å². The number of methoxy groups -OCH3 is 1. The van der Waals surface area contributed by atoms with Crippen LogP contribution >= 0.6 is 0 Å². The fourth-order valence-electron chi connectivity index (χ4n) is 1.88. The molecule has 0 N–H and O–H groups in total. The third-order valence-electron chi connectivity index (χ3n) is 2.89. The van der Waals surface area contributed by atoms with Crippen LogP contribution in [0.4, 0.5) is 4.39 Å². The minimum Gasteiger partial charge on any atom is -0.496 e. The number of hydrogen-bond donors (Lipinski definition) is 0. The highest BCUT2D eigenvalue weighted by atomic mass is 19.1. The third-order valence-corrected chi connectivity index (χ3v) is 2.89. The molecule has 15 heavy (non-hydrogen) atoms. The second kappa shape index (κ2) is 3.81. The van der Waals surface area contributed by atoms with Crippen LogP contribution in [0.25, 0.3) is 0 Å². The lowest BCUT2D eigenvalue weighted by Crippen LogP contribution is -2.42. The Kier molecular flexibility index (Phi) is 2.65. The smallest absolute Gasteiger partial charge is 0.123 e. The lowest BCUT2D eigenvalue weighted by molar-refractivity contribution is -0.133. The van der Waals surface area contributed by atoms with E-state index in [0.29, 0.717) is 6.42 Å². The highest BCUT2D eigenvalue weighted by Gasteiger charge is 2.34. The van der Waals surface area contributed by atoms with E-state index in [1.54, 1.807) is 13.2 Å². The van der Waals surface area contributed by atoms with Gasteiger partial charge in [-0.25, -0.2) is 4.39 Å². The van der Waals surface area contributed by atoms with Crippen LogP contribution in [0.15, 0.2) is 18.2 Å². The molecule has 1 aliphatic heterocycles. The van der Waals surface area contributed by atoms with Gasteiger partial charge in [0, 0.05) is 6.42 Å². The maximum absolute atomic E-state index is 13.1. The molecule has 82 valence electrons. The zero-order valence-corrected chi connectivity index (χ0v) is 9.05. The summed E-state index contributed by atoms with van der Waals surface area (Å²) in [5.74, 6) is 0.502. The monoisotopic (exact) mass is 210 g/mol. The molecule has 1 aromatic carbocycles. The van der Waals surface area contributed by atoms with Gasteiger partial charge in [0.05, 0.1) is 19.3 Å². The van der Waals surface area contributed by atoms with Crippen LogP contribution in [0.5, 0.6) is 5.75 Å². The van der Waals surface area contributed by atoms with Gasteiger partial charge in [-0.2, -0.15) is 0 Å². The minimum atomic E-state index is -0.228. The lowest BCUT2D eigenvalue weighted by atomic mass is 9.89. The zero-order valence-electron chi connectivity index (χ0n) is 9.05. The van der Waals surface area contributed by atoms with Crippen molar-refractivity contribution in [2.75, 3.05) is 13.7 Å². The molecule has 0 saturated carbocycles. The van der Waals surface area contributed by atoms with Gasteiger partial charge in [0.1, 0.15) is 11.6 Å². The largest absolute Gasteiger partial charge is 0.496 e. The standard InChI is InChI=1S/C12H15FO2/c1-12(5-6-15-12)8-9-7-10(13)3-4-11(9)14-2/h3-4,7H,5-6,8H2,1-2H3. The second-order valence-electron chi connectivity index (χ2n) is 4.18. The number of halogens is 1. The van der Waals surface area contributed by atoms with Crippen LogP contribution < -0.4 is 4.74 Å². The Balaban J connectivity index is 2.21. The minimum absolute atomic E-state index is 0.138. The summed E-state index contributed by atoms with van der Waals surface area (Å²) < 4.78 is 23.8. The Morgan fingerprint density at radius 1 is 1.53 bits per heavy atom. The average molecular weight is 210 g/mol. The lowest BCUT2D eigenvalue weighted by Gasteiger charge is -2.39. The van der Waals surface area contributed by atoms with E-state index in [4.69, 9.17) is 9.47 Å². The SMILES string of the molecule is COc1ccc(F)cc1CC1(C)CCO1. The predicted octanol–water partition coefficient (Wildman–Crippen LogP) is 2.56. The molecule has 0 spiro atoms. The van der Waals surface area contributed by atoms with Gasteiger partial charge < -0.3 is 9.47 Å². The van der Waals surface area contributed by atoms with E-state index in [1.807, 2.05) is 6.92 Å². The summed E-state index contributed by atoms with van der Waals surface area (Å²) in [5, 5.41) is 0. The van der Waals surface area contributed by atoms with Gasteiger partial charge in [0.2, 0.25) is 0 Å². The number of rotatable bonds is 3. The van der Waals surface area contributed by atoms with Crippen molar-refractivity contribution in [3.8, 4) is 5.75 Å². The molecule has 1 heterocycles. The Labute approximate surface area is 89.0 Å². The van der Waals surface area contributed by atoms with Crippen molar-refractivity contribution in [3.63, 3.8) is 0 Å². The van der Waals surface area contributed by atoms with Gasteiger partial charge in [-0.05, 0) is 37.1 Å². The molecule has 1 aromatic rings. The maximum atomic E-state index is 13.1. The van der Waals surface area contributed by atoms with E-state index in [2.05, 4.69) is 0 Å². The van der Waals surface area contributed by atoms with E-state index >= 15 is 0 Å². The van der Waals surface area contributed by atoms with Crippen LogP contribution in [-0.2, 0) is 11.2 Å². The molecule has 2 rings (SSSR count). The van der Waals surface area contributed by atoms with E-state index in [9.17, 15) is 4.39 Å². The van der Waals surface area contributed by atoms with Crippen molar-refractivity contribution < 1.29 is 13.9 Å².